The summed E-state index contributed by atoms with van der Waals surface area (Å²) in [6.07, 6.45) is 3.21. The van der Waals surface area contributed by atoms with Crippen molar-refractivity contribution in [1.82, 2.24) is 10.2 Å². The third-order valence-electron chi connectivity index (χ3n) is 5.85. The number of rotatable bonds is 14. The van der Waals surface area contributed by atoms with Crippen molar-refractivity contribution in [1.29, 1.82) is 0 Å². The zero-order valence-electron chi connectivity index (χ0n) is 21.7. The number of hydrogen-bond donors (Lipinski definition) is 1. The van der Waals surface area contributed by atoms with E-state index in [1.165, 1.54) is 16.3 Å². The summed E-state index contributed by atoms with van der Waals surface area (Å²) in [6, 6.07) is 11.0. The summed E-state index contributed by atoms with van der Waals surface area (Å²) >= 11 is 12.2. The number of carbonyl (C=O) groups excluding carboxylic acids is 2. The van der Waals surface area contributed by atoms with Gasteiger partial charge in [0.1, 0.15) is 11.8 Å². The van der Waals surface area contributed by atoms with Crippen molar-refractivity contribution in [3.05, 3.63) is 58.1 Å². The van der Waals surface area contributed by atoms with Crippen LogP contribution in [-0.4, -0.2) is 57.6 Å². The number of sulfonamides is 1. The Labute approximate surface area is 229 Å². The third-order valence-corrected chi connectivity index (χ3v) is 7.78. The Hall–Kier alpha value is -2.49. The molecule has 2 amide bonds. The zero-order valence-corrected chi connectivity index (χ0v) is 24.0. The highest BCUT2D eigenvalue weighted by Crippen LogP contribution is 2.25. The Morgan fingerprint density at radius 1 is 1.05 bits per heavy atom. The quantitative estimate of drug-likeness (QED) is 0.326. The number of ether oxygens (including phenoxy) is 1. The lowest BCUT2D eigenvalue weighted by molar-refractivity contribution is -0.140. The molecule has 0 aliphatic rings. The minimum absolute atomic E-state index is 0.0517. The summed E-state index contributed by atoms with van der Waals surface area (Å²) in [5, 5.41) is 3.62. The summed E-state index contributed by atoms with van der Waals surface area (Å²) < 4.78 is 31.3. The molecule has 37 heavy (non-hydrogen) atoms. The maximum Gasteiger partial charge on any atom is 0.242 e. The molecule has 11 heteroatoms. The number of nitrogens with one attached hydrogen (secondary N) is 1. The molecule has 0 heterocycles. The molecule has 0 saturated heterocycles. The van der Waals surface area contributed by atoms with Crippen LogP contribution < -0.4 is 14.4 Å². The van der Waals surface area contributed by atoms with E-state index in [0.29, 0.717) is 28.0 Å². The number of nitrogens with zero attached hydrogens (tertiary/aromatic N) is 2. The lowest BCUT2D eigenvalue weighted by atomic mass is 10.1. The Kier molecular flexibility index (Phi) is 12.0. The molecule has 1 atom stereocenters. The fourth-order valence-electron chi connectivity index (χ4n) is 3.71. The molecular weight excluding hydrogens is 537 g/mol. The molecule has 0 spiro atoms. The van der Waals surface area contributed by atoms with Gasteiger partial charge in [0.15, 0.2) is 0 Å². The molecule has 2 aromatic carbocycles. The van der Waals surface area contributed by atoms with Crippen LogP contribution in [0.2, 0.25) is 10.0 Å². The maximum absolute atomic E-state index is 13.3. The zero-order chi connectivity index (χ0) is 27.6. The van der Waals surface area contributed by atoms with Crippen LogP contribution in [0.15, 0.2) is 42.5 Å². The standard InChI is InChI=1S/C26H35Cl2N3O5S/c1-5-6-15-29-26(33)19(2)30(18-20-9-14-23(27)24(28)17-20)25(32)8-7-16-31(37(4,34)35)21-10-12-22(36-3)13-11-21/h9-14,17,19H,5-8,15-16,18H2,1-4H3,(H,29,33). The van der Waals surface area contributed by atoms with Gasteiger partial charge in [-0.1, -0.05) is 42.6 Å². The first kappa shape index (κ1) is 30.7. The monoisotopic (exact) mass is 571 g/mol. The molecule has 204 valence electrons. The smallest absolute Gasteiger partial charge is 0.242 e. The maximum atomic E-state index is 13.3. The first-order chi connectivity index (χ1) is 17.5. The second kappa shape index (κ2) is 14.4. The highest BCUT2D eigenvalue weighted by molar-refractivity contribution is 7.92. The Balaban J connectivity index is 2.16. The van der Waals surface area contributed by atoms with Crippen molar-refractivity contribution in [3.63, 3.8) is 0 Å². The molecule has 0 aromatic heterocycles. The largest absolute Gasteiger partial charge is 0.497 e. The van der Waals surface area contributed by atoms with Gasteiger partial charge < -0.3 is 15.0 Å². The predicted octanol–water partition coefficient (Wildman–Crippen LogP) is 4.88. The van der Waals surface area contributed by atoms with Gasteiger partial charge in [0, 0.05) is 26.1 Å². The van der Waals surface area contributed by atoms with E-state index in [4.69, 9.17) is 27.9 Å². The summed E-state index contributed by atoms with van der Waals surface area (Å²) in [7, 11) is -2.05. The van der Waals surface area contributed by atoms with Gasteiger partial charge in [-0.3, -0.25) is 13.9 Å². The van der Waals surface area contributed by atoms with E-state index in [1.54, 1.807) is 49.4 Å². The van der Waals surface area contributed by atoms with E-state index < -0.39 is 16.1 Å². The molecule has 0 bridgehead atoms. The van der Waals surface area contributed by atoms with E-state index in [0.717, 1.165) is 24.7 Å². The van der Waals surface area contributed by atoms with E-state index in [9.17, 15) is 18.0 Å². The molecule has 0 radical (unpaired) electrons. The van der Waals surface area contributed by atoms with Crippen LogP contribution in [0.25, 0.3) is 0 Å². The van der Waals surface area contributed by atoms with E-state index in [2.05, 4.69) is 5.32 Å². The van der Waals surface area contributed by atoms with Gasteiger partial charge >= 0.3 is 0 Å². The fourth-order valence-corrected chi connectivity index (χ4v) is 4.99. The molecule has 8 nitrogen and oxygen atoms in total. The van der Waals surface area contributed by atoms with Crippen LogP contribution in [0.1, 0.15) is 45.1 Å². The predicted molar refractivity (Wildman–Crippen MR) is 149 cm³/mol. The number of benzene rings is 2. The Morgan fingerprint density at radius 2 is 1.73 bits per heavy atom. The molecule has 0 fully saturated rings. The Bertz CT molecular complexity index is 1160. The van der Waals surface area contributed by atoms with E-state index >= 15 is 0 Å². The highest BCUT2D eigenvalue weighted by Gasteiger charge is 2.26. The summed E-state index contributed by atoms with van der Waals surface area (Å²) in [6.45, 7) is 4.50. The van der Waals surface area contributed by atoms with Crippen LogP contribution in [-0.2, 0) is 26.2 Å². The molecule has 1 N–H and O–H groups in total. The number of hydrogen-bond acceptors (Lipinski definition) is 5. The van der Waals surface area contributed by atoms with Gasteiger partial charge in [-0.2, -0.15) is 0 Å². The summed E-state index contributed by atoms with van der Waals surface area (Å²) in [5.74, 6) is 0.0850. The lowest BCUT2D eigenvalue weighted by Gasteiger charge is -2.29. The molecule has 1 unspecified atom stereocenters. The number of methoxy groups -OCH3 is 1. The van der Waals surface area contributed by atoms with Crippen molar-refractivity contribution in [2.75, 3.05) is 30.8 Å². The van der Waals surface area contributed by atoms with Gasteiger partial charge in [-0.15, -0.1) is 0 Å². The van der Waals surface area contributed by atoms with Crippen LogP contribution in [0.4, 0.5) is 5.69 Å². The minimum Gasteiger partial charge on any atom is -0.497 e. The minimum atomic E-state index is -3.58. The number of amides is 2. The van der Waals surface area contributed by atoms with Gasteiger partial charge in [-0.05, 0) is 61.7 Å². The SMILES string of the molecule is CCCCNC(=O)C(C)N(Cc1ccc(Cl)c(Cl)c1)C(=O)CCCN(c1ccc(OC)cc1)S(C)(=O)=O. The summed E-state index contributed by atoms with van der Waals surface area (Å²) in [4.78, 5) is 27.6. The van der Waals surface area contributed by atoms with Gasteiger partial charge in [0.05, 0.1) is 29.1 Å². The van der Waals surface area contributed by atoms with Crippen LogP contribution >= 0.6 is 23.2 Å². The van der Waals surface area contributed by atoms with Crippen molar-refractivity contribution in [3.8, 4) is 5.75 Å². The van der Waals surface area contributed by atoms with Crippen LogP contribution in [0, 0.1) is 0 Å². The van der Waals surface area contributed by atoms with Gasteiger partial charge in [0.25, 0.3) is 0 Å². The molecule has 2 aromatic rings. The van der Waals surface area contributed by atoms with Crippen LogP contribution in [0.5, 0.6) is 5.75 Å². The van der Waals surface area contributed by atoms with Crippen molar-refractivity contribution in [2.24, 2.45) is 0 Å². The molecular formula is C26H35Cl2N3O5S. The number of unbranched alkanes of at least 4 members (excludes halogenated alkanes) is 1. The van der Waals surface area contributed by atoms with Crippen LogP contribution in [0.3, 0.4) is 0 Å². The summed E-state index contributed by atoms with van der Waals surface area (Å²) in [5.41, 5.74) is 1.21. The Morgan fingerprint density at radius 3 is 2.30 bits per heavy atom. The van der Waals surface area contributed by atoms with Crippen molar-refractivity contribution < 1.29 is 22.7 Å². The second-order valence-corrected chi connectivity index (χ2v) is 11.4. The first-order valence-electron chi connectivity index (χ1n) is 12.1. The number of carbonyl (C=O) groups is 2. The average Bonchev–Trinajstić information content (AvgIpc) is 2.86. The van der Waals surface area contributed by atoms with E-state index in [1.807, 2.05) is 6.92 Å². The first-order valence-corrected chi connectivity index (χ1v) is 14.7. The van der Waals surface area contributed by atoms with Crippen molar-refractivity contribution >= 4 is 50.7 Å². The average molecular weight is 573 g/mol. The normalized spacial score (nSPS) is 12.1. The highest BCUT2D eigenvalue weighted by atomic mass is 35.5. The third kappa shape index (κ3) is 9.39. The molecule has 0 aliphatic carbocycles. The van der Waals surface area contributed by atoms with Crippen molar-refractivity contribution in [2.45, 2.75) is 52.1 Å². The van der Waals surface area contributed by atoms with Gasteiger partial charge in [0.2, 0.25) is 21.8 Å². The van der Waals surface area contributed by atoms with Gasteiger partial charge in [-0.25, -0.2) is 8.42 Å². The molecule has 2 rings (SSSR count). The van der Waals surface area contributed by atoms with E-state index in [-0.39, 0.29) is 37.7 Å². The molecule has 0 aliphatic heterocycles. The number of halogens is 2. The second-order valence-electron chi connectivity index (χ2n) is 8.73. The molecule has 0 saturated carbocycles. The topological polar surface area (TPSA) is 96.0 Å². The fraction of sp³-hybridized carbons (Fsp3) is 0.462. The lowest BCUT2D eigenvalue weighted by Crippen LogP contribution is -2.48. The number of anilines is 1.